The molecule has 28 heavy (non-hydrogen) atoms. The van der Waals surface area contributed by atoms with Crippen LogP contribution in [-0.4, -0.2) is 0 Å². The van der Waals surface area contributed by atoms with Gasteiger partial charge in [-0.15, -0.1) is 0 Å². The molecule has 0 nitrogen and oxygen atoms in total. The van der Waals surface area contributed by atoms with Gasteiger partial charge in [-0.2, -0.15) is 0 Å². The van der Waals surface area contributed by atoms with Crippen LogP contribution >= 0.6 is 0 Å². The van der Waals surface area contributed by atoms with E-state index in [4.69, 9.17) is 0 Å². The van der Waals surface area contributed by atoms with Crippen LogP contribution in [0.25, 0.3) is 64.6 Å². The lowest BCUT2D eigenvalue weighted by molar-refractivity contribution is 1.55. The summed E-state index contributed by atoms with van der Waals surface area (Å²) in [5.74, 6) is 0. The Morgan fingerprint density at radius 2 is 0.643 bits per heavy atom. The molecule has 0 bridgehead atoms. The third-order valence-corrected chi connectivity index (χ3v) is 6.85. The van der Waals surface area contributed by atoms with Crippen LogP contribution in [0.15, 0.2) is 72.8 Å². The average Bonchev–Trinajstić information content (AvgIpc) is 2.69. The summed E-state index contributed by atoms with van der Waals surface area (Å²) in [7, 11) is 0. The van der Waals surface area contributed by atoms with Crippen LogP contribution in [0.2, 0.25) is 0 Å². The predicted molar refractivity (Wildman–Crippen MR) is 123 cm³/mol. The highest BCUT2D eigenvalue weighted by Gasteiger charge is 2.23. The molecule has 0 heteroatoms. The molecular formula is C28H18. The van der Waals surface area contributed by atoms with Crippen LogP contribution < -0.4 is 0 Å². The summed E-state index contributed by atoms with van der Waals surface area (Å²) in [4.78, 5) is 0. The second-order valence-electron chi connectivity index (χ2n) is 8.24. The second kappa shape index (κ2) is 4.72. The lowest BCUT2D eigenvalue weighted by Gasteiger charge is -2.25. The number of hydrogen-bond donors (Lipinski definition) is 0. The minimum atomic E-state index is 1.33. The number of rotatable bonds is 0. The third-order valence-electron chi connectivity index (χ3n) is 6.85. The van der Waals surface area contributed by atoms with Gasteiger partial charge >= 0.3 is 0 Å². The lowest BCUT2D eigenvalue weighted by Crippen LogP contribution is -1.98. The maximum atomic E-state index is 2.38. The smallest absolute Gasteiger partial charge is 0.00601 e. The number of benzene rings is 5. The molecule has 0 radical (unpaired) electrons. The van der Waals surface area contributed by atoms with Crippen LogP contribution in [0, 0.1) is 13.8 Å². The Labute approximate surface area is 162 Å². The van der Waals surface area contributed by atoms with Gasteiger partial charge in [0.15, 0.2) is 0 Å². The first-order chi connectivity index (χ1) is 13.7. The van der Waals surface area contributed by atoms with Gasteiger partial charge in [0.2, 0.25) is 0 Å². The summed E-state index contributed by atoms with van der Waals surface area (Å²) in [5, 5.41) is 16.9. The molecule has 0 saturated carbocycles. The number of fused-ring (bicyclic) bond motifs is 10. The van der Waals surface area contributed by atoms with Gasteiger partial charge in [0, 0.05) is 0 Å². The van der Waals surface area contributed by atoms with E-state index >= 15 is 0 Å². The topological polar surface area (TPSA) is 0 Å². The molecule has 0 fully saturated rings. The minimum Gasteiger partial charge on any atom is -0.0616 e. The van der Waals surface area contributed by atoms with Gasteiger partial charge in [-0.3, -0.25) is 0 Å². The van der Waals surface area contributed by atoms with Crippen LogP contribution in [0.3, 0.4) is 0 Å². The standard InChI is InChI=1S/C28H18/c1-15-25-21-11-17-7-3-5-9-19(17)13-23(21)27(25)16(2)28-24-14-20-10-6-4-8-18(20)12-22(24)26(15)28/h3-14H,1-2H3. The van der Waals surface area contributed by atoms with E-state index in [1.54, 1.807) is 0 Å². The molecule has 0 atom stereocenters. The highest BCUT2D eigenvalue weighted by molar-refractivity contribution is 6.40. The third kappa shape index (κ3) is 1.55. The van der Waals surface area contributed by atoms with Crippen LogP contribution in [0.5, 0.6) is 0 Å². The largest absolute Gasteiger partial charge is 0.0616 e. The molecule has 7 aromatic carbocycles. The predicted octanol–water partition coefficient (Wildman–Crippen LogP) is 8.10. The molecule has 0 N–H and O–H groups in total. The minimum absolute atomic E-state index is 1.33. The molecule has 0 heterocycles. The highest BCUT2D eigenvalue weighted by atomic mass is 14.3. The molecule has 0 saturated heterocycles. The van der Waals surface area contributed by atoms with Gasteiger partial charge in [0.25, 0.3) is 0 Å². The Morgan fingerprint density at radius 1 is 0.393 bits per heavy atom. The normalized spacial score (nSPS) is 12.6. The second-order valence-corrected chi connectivity index (χ2v) is 8.24. The van der Waals surface area contributed by atoms with Gasteiger partial charge < -0.3 is 0 Å². The van der Waals surface area contributed by atoms with Gasteiger partial charge in [-0.1, -0.05) is 48.5 Å². The van der Waals surface area contributed by atoms with Crippen molar-refractivity contribution in [3.05, 3.63) is 83.9 Å². The Bertz CT molecular complexity index is 1460. The molecule has 0 unspecified atom stereocenters. The van der Waals surface area contributed by atoms with Gasteiger partial charge in [0.1, 0.15) is 0 Å². The van der Waals surface area contributed by atoms with Crippen molar-refractivity contribution in [2.45, 2.75) is 13.8 Å². The Balaban J connectivity index is 1.69. The fraction of sp³-hybridized carbons (Fsp3) is 0.0714. The maximum absolute atomic E-state index is 2.38. The molecule has 0 aromatic heterocycles. The Kier molecular flexibility index (Phi) is 2.47. The first-order valence-electron chi connectivity index (χ1n) is 9.96. The van der Waals surface area contributed by atoms with Crippen molar-refractivity contribution in [1.29, 1.82) is 0 Å². The van der Waals surface area contributed by atoms with E-state index in [0.717, 1.165) is 0 Å². The van der Waals surface area contributed by atoms with Crippen molar-refractivity contribution in [2.75, 3.05) is 0 Å². The van der Waals surface area contributed by atoms with Crippen LogP contribution in [0.4, 0.5) is 0 Å². The zero-order chi connectivity index (χ0) is 18.6. The molecule has 0 aliphatic carbocycles. The van der Waals surface area contributed by atoms with E-state index in [9.17, 15) is 0 Å². The first kappa shape index (κ1) is 14.6. The fourth-order valence-corrected chi connectivity index (χ4v) is 5.53. The van der Waals surface area contributed by atoms with E-state index in [0.29, 0.717) is 0 Å². The summed E-state index contributed by atoms with van der Waals surface area (Å²) >= 11 is 0. The summed E-state index contributed by atoms with van der Waals surface area (Å²) in [6, 6.07) is 26.9. The van der Waals surface area contributed by atoms with Crippen molar-refractivity contribution in [3.8, 4) is 0 Å². The molecule has 0 aliphatic heterocycles. The monoisotopic (exact) mass is 354 g/mol. The van der Waals surface area contributed by atoms with E-state index < -0.39 is 0 Å². The van der Waals surface area contributed by atoms with E-state index in [-0.39, 0.29) is 0 Å². The Hall–Kier alpha value is -3.38. The van der Waals surface area contributed by atoms with Crippen molar-refractivity contribution < 1.29 is 0 Å². The van der Waals surface area contributed by atoms with Gasteiger partial charge in [0.05, 0.1) is 0 Å². The van der Waals surface area contributed by atoms with Crippen LogP contribution in [0.1, 0.15) is 11.1 Å². The Morgan fingerprint density at radius 3 is 0.893 bits per heavy atom. The van der Waals surface area contributed by atoms with Crippen molar-refractivity contribution in [3.63, 3.8) is 0 Å². The molecule has 0 aliphatic rings. The van der Waals surface area contributed by atoms with E-state index in [1.165, 1.54) is 75.8 Å². The van der Waals surface area contributed by atoms with Crippen molar-refractivity contribution in [2.24, 2.45) is 0 Å². The quantitative estimate of drug-likeness (QED) is 0.258. The summed E-state index contributed by atoms with van der Waals surface area (Å²) in [6.07, 6.45) is 0. The van der Waals surface area contributed by atoms with E-state index in [2.05, 4.69) is 86.6 Å². The molecule has 0 spiro atoms. The lowest BCUT2D eigenvalue weighted by atomic mass is 9.78. The molecule has 130 valence electrons. The van der Waals surface area contributed by atoms with Crippen LogP contribution in [-0.2, 0) is 0 Å². The highest BCUT2D eigenvalue weighted by Crippen LogP contribution is 2.50. The molecule has 7 rings (SSSR count). The average molecular weight is 354 g/mol. The fourth-order valence-electron chi connectivity index (χ4n) is 5.53. The van der Waals surface area contributed by atoms with Crippen molar-refractivity contribution in [1.82, 2.24) is 0 Å². The maximum Gasteiger partial charge on any atom is -0.00601 e. The molecule has 7 aromatic rings. The van der Waals surface area contributed by atoms with E-state index in [1.807, 2.05) is 0 Å². The number of hydrogen-bond acceptors (Lipinski definition) is 0. The van der Waals surface area contributed by atoms with Gasteiger partial charge in [-0.05, 0) is 114 Å². The molecular weight excluding hydrogens is 336 g/mol. The summed E-state index contributed by atoms with van der Waals surface area (Å²) < 4.78 is 0. The van der Waals surface area contributed by atoms with Gasteiger partial charge in [-0.25, -0.2) is 0 Å². The molecule has 0 amide bonds. The zero-order valence-electron chi connectivity index (χ0n) is 15.9. The van der Waals surface area contributed by atoms with Crippen molar-refractivity contribution >= 4 is 64.6 Å². The summed E-state index contributed by atoms with van der Waals surface area (Å²) in [5.41, 5.74) is 2.89. The SMILES string of the molecule is Cc1c2c3cc4ccccc4cc3c2c(C)c2c3cc4ccccc4cc3c12. The zero-order valence-corrected chi connectivity index (χ0v) is 15.9. The first-order valence-corrected chi connectivity index (χ1v) is 9.96. The summed E-state index contributed by atoms with van der Waals surface area (Å²) in [6.45, 7) is 4.63. The number of aryl methyl sites for hydroxylation is 2.